The van der Waals surface area contributed by atoms with E-state index in [1.54, 1.807) is 0 Å². The molecule has 14 unspecified atom stereocenters. The molecule has 0 rings (SSSR count). The van der Waals surface area contributed by atoms with E-state index in [0.29, 0.717) is 11.3 Å². The highest BCUT2D eigenvalue weighted by Gasteiger charge is 2.42. The summed E-state index contributed by atoms with van der Waals surface area (Å²) < 4.78 is 0. The fraction of sp³-hybridized carbons (Fsp3) is 1.00. The number of hydrogen-bond acceptors (Lipinski definition) is 0. The van der Waals surface area contributed by atoms with E-state index in [9.17, 15) is 0 Å². The van der Waals surface area contributed by atoms with Crippen LogP contribution >= 0.6 is 0 Å². The Labute approximate surface area is 225 Å². The van der Waals surface area contributed by atoms with Gasteiger partial charge in [0.2, 0.25) is 0 Å². The average molecular weight is 493 g/mol. The van der Waals surface area contributed by atoms with Gasteiger partial charge >= 0.3 is 0 Å². The molecule has 0 saturated heterocycles. The second-order valence-electron chi connectivity index (χ2n) is 14.8. The first kappa shape index (κ1) is 35.0. The molecule has 0 heterocycles. The maximum atomic E-state index is 2.58. The molecule has 0 aromatic heterocycles. The summed E-state index contributed by atoms with van der Waals surface area (Å²) in [6, 6.07) is 0. The zero-order valence-electron chi connectivity index (χ0n) is 28.0. The summed E-state index contributed by atoms with van der Waals surface area (Å²) in [5.41, 5.74) is 0.337. The predicted octanol–water partition coefficient (Wildman–Crippen LogP) is 11.7. The van der Waals surface area contributed by atoms with Crippen molar-refractivity contribution in [3.8, 4) is 0 Å². The fourth-order valence-electron chi connectivity index (χ4n) is 7.33. The molecular formula is C35H72. The highest BCUT2D eigenvalue weighted by atomic mass is 14.5. The van der Waals surface area contributed by atoms with E-state index < -0.39 is 0 Å². The van der Waals surface area contributed by atoms with E-state index in [0.717, 1.165) is 76.9 Å². The third-order valence-electron chi connectivity index (χ3n) is 13.6. The van der Waals surface area contributed by atoms with Crippen LogP contribution in [0, 0.1) is 88.3 Å². The quantitative estimate of drug-likeness (QED) is 0.201. The molecule has 14 atom stereocenters. The topological polar surface area (TPSA) is 0 Å². The zero-order valence-corrected chi connectivity index (χ0v) is 28.0. The molecule has 0 nitrogen and oxygen atoms in total. The van der Waals surface area contributed by atoms with Gasteiger partial charge < -0.3 is 0 Å². The van der Waals surface area contributed by atoms with Crippen LogP contribution in [0.1, 0.15) is 137 Å². The zero-order chi connectivity index (χ0) is 28.0. The second-order valence-corrected chi connectivity index (χ2v) is 14.8. The molecule has 0 aliphatic heterocycles. The van der Waals surface area contributed by atoms with Gasteiger partial charge in [0.05, 0.1) is 0 Å². The Morgan fingerprint density at radius 3 is 0.800 bits per heavy atom. The molecule has 0 aliphatic carbocycles. The van der Waals surface area contributed by atoms with E-state index in [1.165, 1.54) is 12.8 Å². The lowest BCUT2D eigenvalue weighted by molar-refractivity contribution is 0.00269. The summed E-state index contributed by atoms with van der Waals surface area (Å²) in [7, 11) is 0. The van der Waals surface area contributed by atoms with Crippen LogP contribution in [0.25, 0.3) is 0 Å². The Hall–Kier alpha value is 0. The SMILES string of the molecule is CCC(C)C(C)C(C)C(C)C(C)C(C)C(C)C(C)C(C)C(C)(C)C(C)C(C)C(C)C(C)C(C)CC. The molecule has 0 aliphatic rings. The lowest BCUT2D eigenvalue weighted by atomic mass is 9.57. The maximum Gasteiger partial charge on any atom is -0.0298 e. The molecule has 212 valence electrons. The maximum absolute atomic E-state index is 2.58. The van der Waals surface area contributed by atoms with Gasteiger partial charge in [0.15, 0.2) is 0 Å². The minimum atomic E-state index is 0.337. The molecule has 0 aromatic rings. The first-order valence-electron chi connectivity index (χ1n) is 15.9. The van der Waals surface area contributed by atoms with Crippen molar-refractivity contribution in [3.63, 3.8) is 0 Å². The summed E-state index contributed by atoms with van der Waals surface area (Å²) in [6.07, 6.45) is 2.59. The van der Waals surface area contributed by atoms with Crippen molar-refractivity contribution in [2.75, 3.05) is 0 Å². The van der Waals surface area contributed by atoms with Crippen LogP contribution in [0.15, 0.2) is 0 Å². The van der Waals surface area contributed by atoms with Gasteiger partial charge in [0.25, 0.3) is 0 Å². The van der Waals surface area contributed by atoms with Crippen molar-refractivity contribution < 1.29 is 0 Å². The summed E-state index contributed by atoms with van der Waals surface area (Å²) in [5.74, 6) is 10.7. The van der Waals surface area contributed by atoms with Crippen LogP contribution in [-0.4, -0.2) is 0 Å². The molecule has 0 spiro atoms. The Balaban J connectivity index is 5.47. The standard InChI is InChI=1S/C35H72/c1-19-21(3)23(5)25(7)27(9)28(10)29(11)30(12)32(14)34(16)35(17,18)33(15)31(13)26(8)24(6)22(4)20-2/h21-34H,19-20H2,1-18H3. The van der Waals surface area contributed by atoms with Crippen LogP contribution in [-0.2, 0) is 0 Å². The largest absolute Gasteiger partial charge is 0.0651 e. The average Bonchev–Trinajstić information content (AvgIpc) is 2.86. The Morgan fingerprint density at radius 1 is 0.343 bits per heavy atom. The fourth-order valence-corrected chi connectivity index (χ4v) is 7.33. The minimum Gasteiger partial charge on any atom is -0.0651 e. The van der Waals surface area contributed by atoms with E-state index in [4.69, 9.17) is 0 Å². The molecule has 0 N–H and O–H groups in total. The van der Waals surface area contributed by atoms with Crippen molar-refractivity contribution in [2.45, 2.75) is 137 Å². The van der Waals surface area contributed by atoms with Crippen LogP contribution in [0.3, 0.4) is 0 Å². The van der Waals surface area contributed by atoms with Crippen molar-refractivity contribution in [1.82, 2.24) is 0 Å². The highest BCUT2D eigenvalue weighted by Crippen LogP contribution is 2.49. The summed E-state index contributed by atoms with van der Waals surface area (Å²) >= 11 is 0. The van der Waals surface area contributed by atoms with E-state index in [-0.39, 0.29) is 0 Å². The van der Waals surface area contributed by atoms with Gasteiger partial charge in [-0.3, -0.25) is 0 Å². The summed E-state index contributed by atoms with van der Waals surface area (Å²) in [4.78, 5) is 0. The van der Waals surface area contributed by atoms with Gasteiger partial charge in [-0.15, -0.1) is 0 Å². The number of hydrogen-bond donors (Lipinski definition) is 0. The summed E-state index contributed by atoms with van der Waals surface area (Å²) in [5, 5.41) is 0. The van der Waals surface area contributed by atoms with Crippen molar-refractivity contribution >= 4 is 0 Å². The molecular weight excluding hydrogens is 420 g/mol. The molecule has 0 heteroatoms. The molecule has 0 aromatic carbocycles. The number of rotatable bonds is 16. The first-order valence-corrected chi connectivity index (χ1v) is 15.9. The van der Waals surface area contributed by atoms with Crippen molar-refractivity contribution in [3.05, 3.63) is 0 Å². The Kier molecular flexibility index (Phi) is 14.8. The van der Waals surface area contributed by atoms with Crippen LogP contribution in [0.2, 0.25) is 0 Å². The normalized spacial score (nSPS) is 25.2. The van der Waals surface area contributed by atoms with Crippen molar-refractivity contribution in [1.29, 1.82) is 0 Å². The van der Waals surface area contributed by atoms with Crippen molar-refractivity contribution in [2.24, 2.45) is 88.3 Å². The molecule has 0 amide bonds. The third kappa shape index (κ3) is 8.50. The van der Waals surface area contributed by atoms with E-state index in [1.807, 2.05) is 0 Å². The summed E-state index contributed by atoms with van der Waals surface area (Å²) in [6.45, 7) is 45.3. The van der Waals surface area contributed by atoms with Crippen LogP contribution in [0.4, 0.5) is 0 Å². The lowest BCUT2D eigenvalue weighted by Gasteiger charge is -2.48. The van der Waals surface area contributed by atoms with Crippen LogP contribution in [0.5, 0.6) is 0 Å². The minimum absolute atomic E-state index is 0.337. The first-order chi connectivity index (χ1) is 15.9. The lowest BCUT2D eigenvalue weighted by Crippen LogP contribution is -2.42. The van der Waals surface area contributed by atoms with Crippen LogP contribution < -0.4 is 0 Å². The molecule has 0 bridgehead atoms. The van der Waals surface area contributed by atoms with Gasteiger partial charge in [-0.25, -0.2) is 0 Å². The van der Waals surface area contributed by atoms with Gasteiger partial charge in [-0.2, -0.15) is 0 Å². The van der Waals surface area contributed by atoms with Gasteiger partial charge in [0, 0.05) is 0 Å². The highest BCUT2D eigenvalue weighted by molar-refractivity contribution is 4.91. The molecule has 0 saturated carbocycles. The van der Waals surface area contributed by atoms with Gasteiger partial charge in [-0.05, 0) is 88.3 Å². The second kappa shape index (κ2) is 14.8. The van der Waals surface area contributed by atoms with E-state index >= 15 is 0 Å². The molecule has 35 heavy (non-hydrogen) atoms. The van der Waals surface area contributed by atoms with Gasteiger partial charge in [0.1, 0.15) is 0 Å². The molecule has 0 radical (unpaired) electrons. The Bertz CT molecular complexity index is 560. The predicted molar refractivity (Wildman–Crippen MR) is 163 cm³/mol. The van der Waals surface area contributed by atoms with E-state index in [2.05, 4.69) is 125 Å². The Morgan fingerprint density at radius 2 is 0.543 bits per heavy atom. The smallest absolute Gasteiger partial charge is 0.0298 e. The monoisotopic (exact) mass is 493 g/mol. The van der Waals surface area contributed by atoms with Gasteiger partial charge in [-0.1, -0.05) is 137 Å². The third-order valence-corrected chi connectivity index (χ3v) is 13.6. The molecule has 0 fully saturated rings.